The molecule has 14 nitrogen and oxygen atoms in total. The second-order valence-corrected chi connectivity index (χ2v) is 17.3. The first kappa shape index (κ1) is 46.9. The molecule has 0 radical (unpaired) electrons. The second-order valence-electron chi connectivity index (χ2n) is 15.0. The van der Waals surface area contributed by atoms with Crippen LogP contribution in [0.2, 0.25) is 0 Å². The lowest BCUT2D eigenvalue weighted by Crippen LogP contribution is -2.30. The Kier molecular flexibility index (Phi) is 18.6. The second kappa shape index (κ2) is 23.8. The van der Waals surface area contributed by atoms with Gasteiger partial charge < -0.3 is 28.4 Å². The van der Waals surface area contributed by atoms with Crippen LogP contribution in [-0.4, -0.2) is 93.6 Å². The van der Waals surface area contributed by atoms with Crippen LogP contribution in [0.1, 0.15) is 103 Å². The van der Waals surface area contributed by atoms with E-state index in [2.05, 4.69) is 10.2 Å². The molecule has 0 saturated carbocycles. The third-order valence-corrected chi connectivity index (χ3v) is 12.9. The van der Waals surface area contributed by atoms with Crippen molar-refractivity contribution >= 4 is 47.0 Å². The number of carbonyl (C=O) groups is 4. The van der Waals surface area contributed by atoms with Gasteiger partial charge in [-0.15, -0.1) is 23.5 Å². The van der Waals surface area contributed by atoms with E-state index >= 15 is 0 Å². The molecule has 5 heterocycles. The van der Waals surface area contributed by atoms with E-state index in [0.29, 0.717) is 37.2 Å². The number of carbonyl (C=O) groups excluding carboxylic acids is 4. The number of ether oxygens (including phenoxy) is 6. The molecule has 0 N–H and O–H groups in total. The van der Waals surface area contributed by atoms with Crippen molar-refractivity contribution in [1.29, 1.82) is 0 Å². The molecule has 0 aromatic carbocycles. The van der Waals surface area contributed by atoms with Gasteiger partial charge in [-0.05, 0) is 62.1 Å². The molecular weight excluding hydrogens is 809 g/mol. The molecule has 0 aliphatic carbocycles. The van der Waals surface area contributed by atoms with Crippen LogP contribution in [0.5, 0.6) is 0 Å². The monoisotopic (exact) mass is 868 g/mol. The highest BCUT2D eigenvalue weighted by Gasteiger charge is 2.39. The van der Waals surface area contributed by atoms with Crippen molar-refractivity contribution in [2.75, 3.05) is 38.9 Å². The fourth-order valence-electron chi connectivity index (χ4n) is 7.27. The molecule has 2 unspecified atom stereocenters. The summed E-state index contributed by atoms with van der Waals surface area (Å²) >= 11 is 3.02. The van der Waals surface area contributed by atoms with Gasteiger partial charge in [0.05, 0.1) is 22.4 Å². The minimum Gasteiger partial charge on any atom is -0.461 e. The Morgan fingerprint density at radius 1 is 0.633 bits per heavy atom. The highest BCUT2D eigenvalue weighted by atomic mass is 32.2. The molecule has 2 atom stereocenters. The van der Waals surface area contributed by atoms with Gasteiger partial charge in [0, 0.05) is 65.5 Å². The first-order valence-electron chi connectivity index (χ1n) is 21.1. The van der Waals surface area contributed by atoms with E-state index in [1.807, 2.05) is 26.2 Å². The Hall–Kier alpha value is -4.12. The van der Waals surface area contributed by atoms with Crippen LogP contribution in [0, 0.1) is 0 Å². The zero-order valence-corrected chi connectivity index (χ0v) is 37.1. The van der Waals surface area contributed by atoms with Gasteiger partial charge >= 0.3 is 11.9 Å². The number of fused-ring (bicyclic) bond motifs is 4. The maximum atomic E-state index is 13.7. The zero-order valence-electron chi connectivity index (χ0n) is 35.4. The van der Waals surface area contributed by atoms with Gasteiger partial charge in [-0.3, -0.25) is 19.0 Å². The summed E-state index contributed by atoms with van der Waals surface area (Å²) in [6, 6.07) is 3.78. The summed E-state index contributed by atoms with van der Waals surface area (Å²) in [6.45, 7) is 0.242. The number of allylic oxidation sites excluding steroid dienone is 2. The maximum Gasteiger partial charge on any atom is 0.345 e. The molecule has 0 spiro atoms. The van der Waals surface area contributed by atoms with Crippen LogP contribution in [-0.2, 0) is 61.7 Å². The molecule has 0 fully saturated rings. The highest BCUT2D eigenvalue weighted by Crippen LogP contribution is 2.36. The number of esters is 2. The van der Waals surface area contributed by atoms with E-state index in [4.69, 9.17) is 28.4 Å². The van der Waals surface area contributed by atoms with Gasteiger partial charge in [-0.25, -0.2) is 9.59 Å². The molecule has 3 aliphatic heterocycles. The van der Waals surface area contributed by atoms with Crippen LogP contribution in [0.15, 0.2) is 81.5 Å². The number of hydrogen-bond donors (Lipinski definition) is 0. The number of aromatic nitrogens is 4. The van der Waals surface area contributed by atoms with Gasteiger partial charge in [0.25, 0.3) is 0 Å². The normalized spacial score (nSPS) is 25.2. The van der Waals surface area contributed by atoms with Crippen LogP contribution >= 0.6 is 23.5 Å². The number of methoxy groups -OCH3 is 2. The van der Waals surface area contributed by atoms with Gasteiger partial charge in [0.15, 0.2) is 11.6 Å². The molecule has 328 valence electrons. The van der Waals surface area contributed by atoms with Crippen molar-refractivity contribution in [3.8, 4) is 0 Å². The molecule has 0 amide bonds. The zero-order chi connectivity index (χ0) is 42.8. The lowest BCUT2D eigenvalue weighted by molar-refractivity contribution is -0.159. The van der Waals surface area contributed by atoms with Gasteiger partial charge in [-0.1, -0.05) is 51.4 Å². The average Bonchev–Trinajstić information content (AvgIpc) is 4.05. The third kappa shape index (κ3) is 13.4. The Bertz CT molecular complexity index is 1770. The molecule has 0 saturated heterocycles. The Labute approximate surface area is 361 Å². The topological polar surface area (TPSA) is 159 Å². The maximum absolute atomic E-state index is 13.7. The third-order valence-electron chi connectivity index (χ3n) is 10.7. The van der Waals surface area contributed by atoms with E-state index in [1.165, 1.54) is 23.5 Å². The average molecular weight is 869 g/mol. The summed E-state index contributed by atoms with van der Waals surface area (Å²) in [5, 5.41) is 10.2. The lowest BCUT2D eigenvalue weighted by atomic mass is 10.0. The van der Waals surface area contributed by atoms with Crippen molar-refractivity contribution in [2.24, 2.45) is 14.1 Å². The molecule has 2 aromatic rings. The van der Waals surface area contributed by atoms with Gasteiger partial charge in [0.2, 0.25) is 11.6 Å². The Morgan fingerprint density at radius 3 is 1.38 bits per heavy atom. The van der Waals surface area contributed by atoms with Crippen molar-refractivity contribution in [2.45, 2.75) is 124 Å². The molecule has 5 rings (SSSR count). The number of Topliss-reactive ketones (excluding diaryl/α,β-unsaturated/α-hetero) is 2. The highest BCUT2D eigenvalue weighted by molar-refractivity contribution is 7.99. The van der Waals surface area contributed by atoms with Crippen LogP contribution in [0.4, 0.5) is 0 Å². The standard InChI is InChI=1S/C44H60N4O10S2/c1-47-37(21-27-45-47)59-31-29-55-41(51)39-33(49)17-13-9-5-7-12-16-24-44(54-4)26-20-36(58-44)40(42(52)56-30-32-60-38-22-28-46-48(38)2)34(50)18-14-10-6-8-11-15-23-43(53-3)25-19-35(39)57-43/h19-22,25-28H,5-18,23-24,29-32H2,1-4H3/b39-35-,40-36-. The molecule has 3 aliphatic rings. The van der Waals surface area contributed by atoms with Crippen molar-refractivity contribution < 1.29 is 47.6 Å². The number of rotatable bonds is 12. The van der Waals surface area contributed by atoms with Gasteiger partial charge in [-0.2, -0.15) is 10.2 Å². The largest absolute Gasteiger partial charge is 0.461 e. The van der Waals surface area contributed by atoms with Crippen LogP contribution in [0.3, 0.4) is 0 Å². The Morgan fingerprint density at radius 2 is 1.02 bits per heavy atom. The predicted molar refractivity (Wildman–Crippen MR) is 228 cm³/mol. The SMILES string of the molecule is COC12C=C/C(=C(/C(=O)OCCSc3ccnn3C)C(=O)CCCCCCCCC3(OC)C=C/C(=C(/C(=O)OCCSc4ccnn4C)C(=O)CCCCCCCC1)O3)O2. The van der Waals surface area contributed by atoms with E-state index in [-0.39, 0.29) is 60.3 Å². The number of aryl methyl sites for hydroxylation is 2. The first-order valence-corrected chi connectivity index (χ1v) is 23.0. The molecule has 16 heteroatoms. The van der Waals surface area contributed by atoms with E-state index in [9.17, 15) is 19.2 Å². The summed E-state index contributed by atoms with van der Waals surface area (Å²) < 4.78 is 39.0. The van der Waals surface area contributed by atoms with Gasteiger partial charge in [0.1, 0.15) is 35.9 Å². The van der Waals surface area contributed by atoms with E-state index in [0.717, 1.165) is 74.3 Å². The molecule has 4 bridgehead atoms. The predicted octanol–water partition coefficient (Wildman–Crippen LogP) is 7.88. The fourth-order valence-corrected chi connectivity index (χ4v) is 8.80. The minimum absolute atomic E-state index is 0.0780. The van der Waals surface area contributed by atoms with E-state index < -0.39 is 23.5 Å². The minimum atomic E-state index is -1.10. The lowest BCUT2D eigenvalue weighted by Gasteiger charge is -2.27. The summed E-state index contributed by atoms with van der Waals surface area (Å²) in [6.07, 6.45) is 21.4. The molecule has 2 aromatic heterocycles. The summed E-state index contributed by atoms with van der Waals surface area (Å²) in [4.78, 5) is 54.4. The molecule has 60 heavy (non-hydrogen) atoms. The number of thioether (sulfide) groups is 2. The van der Waals surface area contributed by atoms with Crippen molar-refractivity contribution in [3.63, 3.8) is 0 Å². The van der Waals surface area contributed by atoms with Crippen molar-refractivity contribution in [3.05, 3.63) is 71.5 Å². The number of hydrogen-bond acceptors (Lipinski definition) is 14. The number of nitrogens with zero attached hydrogens (tertiary/aromatic N) is 4. The number of ketones is 2. The van der Waals surface area contributed by atoms with Crippen molar-refractivity contribution in [1.82, 2.24) is 19.6 Å². The summed E-state index contributed by atoms with van der Waals surface area (Å²) in [7, 11) is 6.81. The Balaban J connectivity index is 1.21. The van der Waals surface area contributed by atoms with Crippen LogP contribution in [0.25, 0.3) is 0 Å². The fraction of sp³-hybridized carbons (Fsp3) is 0.591. The van der Waals surface area contributed by atoms with E-state index in [1.54, 1.807) is 60.3 Å². The molecular formula is C44H60N4O10S2. The summed E-state index contributed by atoms with van der Waals surface area (Å²) in [5.41, 5.74) is -0.156. The smallest absolute Gasteiger partial charge is 0.345 e. The summed E-state index contributed by atoms with van der Waals surface area (Å²) in [5.74, 6) is -2.84. The first-order chi connectivity index (χ1) is 29.1. The quantitative estimate of drug-likeness (QED) is 0.0877. The van der Waals surface area contributed by atoms with Crippen LogP contribution < -0.4 is 0 Å².